The van der Waals surface area contributed by atoms with Crippen LogP contribution in [0.2, 0.25) is 5.02 Å². The summed E-state index contributed by atoms with van der Waals surface area (Å²) in [6.07, 6.45) is 0. The van der Waals surface area contributed by atoms with Crippen molar-refractivity contribution in [3.05, 3.63) is 57.3 Å². The Morgan fingerprint density at radius 1 is 1.26 bits per heavy atom. The van der Waals surface area contributed by atoms with Gasteiger partial charge in [0.1, 0.15) is 5.82 Å². The van der Waals surface area contributed by atoms with Gasteiger partial charge in [-0.25, -0.2) is 4.39 Å². The summed E-state index contributed by atoms with van der Waals surface area (Å²) in [4.78, 5) is 11.9. The van der Waals surface area contributed by atoms with Gasteiger partial charge in [-0.3, -0.25) is 4.79 Å². The standard InChI is InChI=1S/C13H9BrClFN2O/c14-10-5-7(15)1-4-12(10)18-13(19)9-3-2-8(17)6-11(9)16/h1-6H,17H2,(H,18,19). The van der Waals surface area contributed by atoms with E-state index in [1.165, 1.54) is 12.1 Å². The van der Waals surface area contributed by atoms with E-state index in [1.54, 1.807) is 18.2 Å². The molecule has 0 unspecified atom stereocenters. The number of nitrogens with two attached hydrogens (primary N) is 1. The van der Waals surface area contributed by atoms with Gasteiger partial charge in [0.25, 0.3) is 5.91 Å². The van der Waals surface area contributed by atoms with E-state index in [-0.39, 0.29) is 11.3 Å². The third-order valence-corrected chi connectivity index (χ3v) is 3.31. The number of carbonyl (C=O) groups is 1. The van der Waals surface area contributed by atoms with Crippen molar-refractivity contribution in [2.24, 2.45) is 0 Å². The largest absolute Gasteiger partial charge is 0.399 e. The van der Waals surface area contributed by atoms with Crippen LogP contribution in [0, 0.1) is 5.82 Å². The van der Waals surface area contributed by atoms with Gasteiger partial charge in [-0.2, -0.15) is 0 Å². The summed E-state index contributed by atoms with van der Waals surface area (Å²) in [6, 6.07) is 8.79. The molecule has 2 aromatic rings. The van der Waals surface area contributed by atoms with Gasteiger partial charge in [0.05, 0.1) is 11.3 Å². The number of benzene rings is 2. The van der Waals surface area contributed by atoms with Gasteiger partial charge in [0.15, 0.2) is 0 Å². The lowest BCUT2D eigenvalue weighted by molar-refractivity contribution is 0.102. The molecule has 2 rings (SSSR count). The molecule has 0 aliphatic carbocycles. The van der Waals surface area contributed by atoms with Crippen molar-refractivity contribution >= 4 is 44.8 Å². The SMILES string of the molecule is Nc1ccc(C(=O)Nc2ccc(Cl)cc2Br)c(F)c1. The van der Waals surface area contributed by atoms with Crippen LogP contribution in [0.4, 0.5) is 15.8 Å². The van der Waals surface area contributed by atoms with Gasteiger partial charge in [-0.05, 0) is 52.3 Å². The number of hydrogen-bond acceptors (Lipinski definition) is 2. The lowest BCUT2D eigenvalue weighted by atomic mass is 10.1. The zero-order chi connectivity index (χ0) is 14.0. The van der Waals surface area contributed by atoms with Crippen LogP contribution in [-0.2, 0) is 0 Å². The number of nitrogen functional groups attached to an aromatic ring is 1. The lowest BCUT2D eigenvalue weighted by Gasteiger charge is -2.08. The molecule has 0 saturated carbocycles. The second-order valence-corrected chi connectivity index (χ2v) is 5.11. The summed E-state index contributed by atoms with van der Waals surface area (Å²) in [5.41, 5.74) is 6.12. The molecular formula is C13H9BrClFN2O. The van der Waals surface area contributed by atoms with Crippen LogP contribution in [0.1, 0.15) is 10.4 Å². The highest BCUT2D eigenvalue weighted by molar-refractivity contribution is 9.10. The van der Waals surface area contributed by atoms with Crippen molar-refractivity contribution in [1.29, 1.82) is 0 Å². The Bertz CT molecular complexity index is 649. The molecule has 0 aliphatic heterocycles. The number of rotatable bonds is 2. The van der Waals surface area contributed by atoms with E-state index >= 15 is 0 Å². The van der Waals surface area contributed by atoms with Gasteiger partial charge in [0, 0.05) is 15.2 Å². The zero-order valence-electron chi connectivity index (χ0n) is 9.58. The van der Waals surface area contributed by atoms with E-state index in [1.807, 2.05) is 0 Å². The number of halogens is 3. The number of amides is 1. The highest BCUT2D eigenvalue weighted by atomic mass is 79.9. The minimum Gasteiger partial charge on any atom is -0.399 e. The molecule has 19 heavy (non-hydrogen) atoms. The average Bonchev–Trinajstić information content (AvgIpc) is 2.32. The maximum atomic E-state index is 13.6. The first-order valence-electron chi connectivity index (χ1n) is 5.29. The smallest absolute Gasteiger partial charge is 0.258 e. The van der Waals surface area contributed by atoms with E-state index in [0.717, 1.165) is 6.07 Å². The van der Waals surface area contributed by atoms with Crippen molar-refractivity contribution < 1.29 is 9.18 Å². The topological polar surface area (TPSA) is 55.1 Å². The predicted octanol–water partition coefficient (Wildman–Crippen LogP) is 4.08. The van der Waals surface area contributed by atoms with Gasteiger partial charge in [-0.1, -0.05) is 11.6 Å². The third kappa shape index (κ3) is 3.24. The zero-order valence-corrected chi connectivity index (χ0v) is 11.9. The first-order valence-corrected chi connectivity index (χ1v) is 6.46. The number of carbonyl (C=O) groups excluding carboxylic acids is 1. The number of nitrogens with one attached hydrogen (secondary N) is 1. The lowest BCUT2D eigenvalue weighted by Crippen LogP contribution is -2.14. The fourth-order valence-electron chi connectivity index (χ4n) is 1.50. The summed E-state index contributed by atoms with van der Waals surface area (Å²) >= 11 is 9.06. The maximum Gasteiger partial charge on any atom is 0.258 e. The van der Waals surface area contributed by atoms with E-state index in [9.17, 15) is 9.18 Å². The van der Waals surface area contributed by atoms with Crippen LogP contribution in [0.15, 0.2) is 40.9 Å². The normalized spacial score (nSPS) is 10.3. The monoisotopic (exact) mass is 342 g/mol. The Labute approximate surface area is 122 Å². The second-order valence-electron chi connectivity index (χ2n) is 3.82. The van der Waals surface area contributed by atoms with Crippen LogP contribution in [0.3, 0.4) is 0 Å². The molecule has 6 heteroatoms. The van der Waals surface area contributed by atoms with E-state index in [0.29, 0.717) is 15.2 Å². The molecule has 0 atom stereocenters. The van der Waals surface area contributed by atoms with E-state index in [2.05, 4.69) is 21.2 Å². The molecular weight excluding hydrogens is 335 g/mol. The van der Waals surface area contributed by atoms with Crippen molar-refractivity contribution in [3.63, 3.8) is 0 Å². The Hall–Kier alpha value is -1.59. The first-order chi connectivity index (χ1) is 8.97. The molecule has 0 radical (unpaired) electrons. The Balaban J connectivity index is 2.25. The molecule has 0 aromatic heterocycles. The second kappa shape index (κ2) is 5.59. The summed E-state index contributed by atoms with van der Waals surface area (Å²) in [5, 5.41) is 3.12. The highest BCUT2D eigenvalue weighted by Crippen LogP contribution is 2.26. The molecule has 3 N–H and O–H groups in total. The Morgan fingerprint density at radius 2 is 2.00 bits per heavy atom. The highest BCUT2D eigenvalue weighted by Gasteiger charge is 2.13. The summed E-state index contributed by atoms with van der Waals surface area (Å²) < 4.78 is 14.2. The first kappa shape index (κ1) is 13.8. The molecule has 0 aliphatic rings. The fraction of sp³-hybridized carbons (Fsp3) is 0. The van der Waals surface area contributed by atoms with Crippen molar-refractivity contribution in [2.75, 3.05) is 11.1 Å². The summed E-state index contributed by atoms with van der Waals surface area (Å²) in [6.45, 7) is 0. The predicted molar refractivity (Wildman–Crippen MR) is 77.9 cm³/mol. The maximum absolute atomic E-state index is 13.6. The van der Waals surface area contributed by atoms with Crippen molar-refractivity contribution in [3.8, 4) is 0 Å². The minimum absolute atomic E-state index is 0.0731. The van der Waals surface area contributed by atoms with Gasteiger partial charge >= 0.3 is 0 Å². The summed E-state index contributed by atoms with van der Waals surface area (Å²) in [7, 11) is 0. The fourth-order valence-corrected chi connectivity index (χ4v) is 2.28. The van der Waals surface area contributed by atoms with E-state index < -0.39 is 11.7 Å². The van der Waals surface area contributed by atoms with Crippen molar-refractivity contribution in [1.82, 2.24) is 0 Å². The molecule has 98 valence electrons. The van der Waals surface area contributed by atoms with Crippen molar-refractivity contribution in [2.45, 2.75) is 0 Å². The van der Waals surface area contributed by atoms with Gasteiger partial charge in [0.2, 0.25) is 0 Å². The Kier molecular flexibility index (Phi) is 4.07. The molecule has 0 bridgehead atoms. The van der Waals surface area contributed by atoms with E-state index in [4.69, 9.17) is 17.3 Å². The minimum atomic E-state index is -0.664. The Morgan fingerprint density at radius 3 is 2.63 bits per heavy atom. The van der Waals surface area contributed by atoms with Crippen LogP contribution >= 0.6 is 27.5 Å². The van der Waals surface area contributed by atoms with Crippen LogP contribution in [-0.4, -0.2) is 5.91 Å². The molecule has 0 saturated heterocycles. The molecule has 2 aromatic carbocycles. The third-order valence-electron chi connectivity index (χ3n) is 2.42. The molecule has 3 nitrogen and oxygen atoms in total. The van der Waals surface area contributed by atoms with Crippen LogP contribution < -0.4 is 11.1 Å². The van der Waals surface area contributed by atoms with Gasteiger partial charge < -0.3 is 11.1 Å². The summed E-state index contributed by atoms with van der Waals surface area (Å²) in [5.74, 6) is -1.22. The molecule has 0 heterocycles. The molecule has 0 fully saturated rings. The quantitative estimate of drug-likeness (QED) is 0.807. The number of hydrogen-bond donors (Lipinski definition) is 2. The average molecular weight is 344 g/mol. The van der Waals surface area contributed by atoms with Crippen LogP contribution in [0.25, 0.3) is 0 Å². The van der Waals surface area contributed by atoms with Crippen LogP contribution in [0.5, 0.6) is 0 Å². The molecule has 0 spiro atoms. The number of anilines is 2. The van der Waals surface area contributed by atoms with Gasteiger partial charge in [-0.15, -0.1) is 0 Å². The molecule has 1 amide bonds.